The number of benzene rings is 2. The Morgan fingerprint density at radius 1 is 0.885 bits per heavy atom. The molecule has 0 saturated carbocycles. The van der Waals surface area contributed by atoms with Crippen LogP contribution in [0.4, 0.5) is 5.69 Å². The van der Waals surface area contributed by atoms with Crippen LogP contribution in [0.25, 0.3) is 0 Å². The lowest BCUT2D eigenvalue weighted by Crippen LogP contribution is -2.21. The molecule has 130 valence electrons. The molecule has 0 spiro atoms. The lowest BCUT2D eigenvalue weighted by Gasteiger charge is -2.09. The summed E-state index contributed by atoms with van der Waals surface area (Å²) >= 11 is 0. The third-order valence-electron chi connectivity index (χ3n) is 3.31. The Morgan fingerprint density at radius 3 is 2.42 bits per heavy atom. The highest BCUT2D eigenvalue weighted by Crippen LogP contribution is 2.23. The molecule has 6 nitrogen and oxygen atoms in total. The van der Waals surface area contributed by atoms with Gasteiger partial charge in [-0.3, -0.25) is 4.79 Å². The van der Waals surface area contributed by atoms with Crippen molar-refractivity contribution in [3.63, 3.8) is 0 Å². The van der Waals surface area contributed by atoms with Crippen LogP contribution in [0.3, 0.4) is 0 Å². The summed E-state index contributed by atoms with van der Waals surface area (Å²) in [5.41, 5.74) is 0.691. The quantitative estimate of drug-likeness (QED) is 0.688. The number of rotatable bonds is 6. The van der Waals surface area contributed by atoms with Gasteiger partial charge in [0, 0.05) is 18.0 Å². The summed E-state index contributed by atoms with van der Waals surface area (Å²) in [6, 6.07) is 21.1. The molecule has 1 amide bonds. The van der Waals surface area contributed by atoms with Crippen molar-refractivity contribution in [3.05, 3.63) is 84.7 Å². The molecule has 1 aromatic heterocycles. The molecular formula is C20H16N2O4. The monoisotopic (exact) mass is 348 g/mol. The third kappa shape index (κ3) is 4.91. The molecule has 0 atom stereocenters. The van der Waals surface area contributed by atoms with Crippen LogP contribution < -0.4 is 10.1 Å². The molecule has 0 radical (unpaired) electrons. The minimum absolute atomic E-state index is 0.151. The fraction of sp³-hybridized carbons (Fsp3) is 0.0500. The zero-order valence-electron chi connectivity index (χ0n) is 13.8. The van der Waals surface area contributed by atoms with E-state index in [9.17, 15) is 9.59 Å². The Bertz CT molecular complexity index is 883. The van der Waals surface area contributed by atoms with Gasteiger partial charge in [-0.1, -0.05) is 30.3 Å². The van der Waals surface area contributed by atoms with Gasteiger partial charge in [0.15, 0.2) is 6.61 Å². The fourth-order valence-corrected chi connectivity index (χ4v) is 2.15. The van der Waals surface area contributed by atoms with Crippen LogP contribution in [-0.4, -0.2) is 23.5 Å². The van der Waals surface area contributed by atoms with Crippen molar-refractivity contribution in [2.75, 3.05) is 11.9 Å². The average molecular weight is 348 g/mol. The van der Waals surface area contributed by atoms with E-state index in [2.05, 4.69) is 10.3 Å². The first-order valence-electron chi connectivity index (χ1n) is 7.92. The van der Waals surface area contributed by atoms with Gasteiger partial charge in [-0.25, -0.2) is 9.78 Å². The molecule has 0 saturated heterocycles. The Hall–Kier alpha value is -3.67. The van der Waals surface area contributed by atoms with E-state index in [-0.39, 0.29) is 5.69 Å². The number of aromatic nitrogens is 1. The van der Waals surface area contributed by atoms with Gasteiger partial charge < -0.3 is 14.8 Å². The number of esters is 1. The van der Waals surface area contributed by atoms with Crippen LogP contribution in [0.2, 0.25) is 0 Å². The number of carbonyl (C=O) groups excluding carboxylic acids is 2. The highest BCUT2D eigenvalue weighted by Gasteiger charge is 2.11. The van der Waals surface area contributed by atoms with Crippen LogP contribution in [0.5, 0.6) is 11.5 Å². The molecule has 0 unspecified atom stereocenters. The SMILES string of the molecule is O=C(COC(=O)c1ccccn1)Nc1cccc(Oc2ccccc2)c1. The Balaban J connectivity index is 1.54. The molecule has 3 aromatic rings. The van der Waals surface area contributed by atoms with Gasteiger partial charge in [-0.15, -0.1) is 0 Å². The van der Waals surface area contributed by atoms with Crippen molar-refractivity contribution < 1.29 is 19.1 Å². The van der Waals surface area contributed by atoms with Gasteiger partial charge in [0.1, 0.15) is 17.2 Å². The first kappa shape index (κ1) is 17.2. The lowest BCUT2D eigenvalue weighted by molar-refractivity contribution is -0.119. The second-order valence-corrected chi connectivity index (χ2v) is 5.28. The van der Waals surface area contributed by atoms with E-state index in [0.717, 1.165) is 0 Å². The highest BCUT2D eigenvalue weighted by molar-refractivity contribution is 5.94. The van der Waals surface area contributed by atoms with Crippen molar-refractivity contribution in [3.8, 4) is 11.5 Å². The number of pyridine rings is 1. The fourth-order valence-electron chi connectivity index (χ4n) is 2.15. The molecule has 0 bridgehead atoms. The van der Waals surface area contributed by atoms with Gasteiger partial charge in [-0.05, 0) is 36.4 Å². The number of anilines is 1. The minimum Gasteiger partial charge on any atom is -0.457 e. The third-order valence-corrected chi connectivity index (χ3v) is 3.31. The molecule has 0 aliphatic heterocycles. The summed E-state index contributed by atoms with van der Waals surface area (Å²) in [6.45, 7) is -0.404. The van der Waals surface area contributed by atoms with Crippen molar-refractivity contribution in [2.45, 2.75) is 0 Å². The zero-order chi connectivity index (χ0) is 18.2. The number of hydrogen-bond donors (Lipinski definition) is 1. The molecule has 1 heterocycles. The predicted molar refractivity (Wildman–Crippen MR) is 96.1 cm³/mol. The minimum atomic E-state index is -0.651. The summed E-state index contributed by atoms with van der Waals surface area (Å²) < 4.78 is 10.7. The topological polar surface area (TPSA) is 77.5 Å². The zero-order valence-corrected chi connectivity index (χ0v) is 13.8. The maximum absolute atomic E-state index is 12.0. The first-order valence-corrected chi connectivity index (χ1v) is 7.92. The molecule has 26 heavy (non-hydrogen) atoms. The van der Waals surface area contributed by atoms with Gasteiger partial charge in [0.05, 0.1) is 0 Å². The maximum atomic E-state index is 12.0. The molecule has 0 aliphatic rings. The standard InChI is InChI=1S/C20H16N2O4/c23-19(14-25-20(24)18-11-4-5-12-21-18)22-15-7-6-10-17(13-15)26-16-8-2-1-3-9-16/h1-13H,14H2,(H,22,23). The smallest absolute Gasteiger partial charge is 0.357 e. The average Bonchev–Trinajstić information content (AvgIpc) is 2.68. The van der Waals surface area contributed by atoms with E-state index in [4.69, 9.17) is 9.47 Å². The number of nitrogens with one attached hydrogen (secondary N) is 1. The van der Waals surface area contributed by atoms with Crippen LogP contribution in [0, 0.1) is 0 Å². The summed E-state index contributed by atoms with van der Waals surface area (Å²) in [5, 5.41) is 2.66. The number of ether oxygens (including phenoxy) is 2. The second kappa shape index (κ2) is 8.43. The van der Waals surface area contributed by atoms with Gasteiger partial charge >= 0.3 is 5.97 Å². The molecule has 0 fully saturated rings. The molecule has 1 N–H and O–H groups in total. The number of hydrogen-bond acceptors (Lipinski definition) is 5. The maximum Gasteiger partial charge on any atom is 0.357 e. The number of nitrogens with zero attached hydrogens (tertiary/aromatic N) is 1. The van der Waals surface area contributed by atoms with Crippen molar-refractivity contribution in [1.29, 1.82) is 0 Å². The molecule has 3 rings (SSSR count). The van der Waals surface area contributed by atoms with Crippen LogP contribution in [0.1, 0.15) is 10.5 Å². The summed E-state index contributed by atoms with van der Waals surface area (Å²) in [4.78, 5) is 27.6. The van der Waals surface area contributed by atoms with Crippen LogP contribution in [0.15, 0.2) is 79.0 Å². The van der Waals surface area contributed by atoms with E-state index in [1.54, 1.807) is 36.4 Å². The first-order chi connectivity index (χ1) is 12.7. The van der Waals surface area contributed by atoms with Gasteiger partial charge in [-0.2, -0.15) is 0 Å². The number of carbonyl (C=O) groups is 2. The van der Waals surface area contributed by atoms with Crippen LogP contribution >= 0.6 is 0 Å². The Morgan fingerprint density at radius 2 is 1.65 bits per heavy atom. The van der Waals surface area contributed by atoms with Crippen molar-refractivity contribution in [1.82, 2.24) is 4.98 Å². The van der Waals surface area contributed by atoms with Crippen LogP contribution in [-0.2, 0) is 9.53 Å². The van der Waals surface area contributed by atoms with Crippen molar-refractivity contribution >= 4 is 17.6 Å². The Kier molecular flexibility index (Phi) is 5.57. The van der Waals surface area contributed by atoms with E-state index in [0.29, 0.717) is 17.2 Å². The second-order valence-electron chi connectivity index (χ2n) is 5.28. The molecular weight excluding hydrogens is 332 g/mol. The Labute approximate surface area is 150 Å². The number of amides is 1. The highest BCUT2D eigenvalue weighted by atomic mass is 16.5. The summed E-state index contributed by atoms with van der Waals surface area (Å²) in [5.74, 6) is 0.174. The van der Waals surface area contributed by atoms with E-state index < -0.39 is 18.5 Å². The largest absolute Gasteiger partial charge is 0.457 e. The van der Waals surface area contributed by atoms with Crippen molar-refractivity contribution in [2.24, 2.45) is 0 Å². The lowest BCUT2D eigenvalue weighted by atomic mass is 10.3. The summed E-state index contributed by atoms with van der Waals surface area (Å²) in [6.07, 6.45) is 1.48. The molecule has 0 aliphatic carbocycles. The molecule has 6 heteroatoms. The predicted octanol–water partition coefficient (Wildman–Crippen LogP) is 3.67. The van der Waals surface area contributed by atoms with E-state index in [1.807, 2.05) is 30.3 Å². The summed E-state index contributed by atoms with van der Waals surface area (Å²) in [7, 11) is 0. The number of para-hydroxylation sites is 1. The van der Waals surface area contributed by atoms with Gasteiger partial charge in [0.2, 0.25) is 0 Å². The van der Waals surface area contributed by atoms with Gasteiger partial charge in [0.25, 0.3) is 5.91 Å². The molecule has 2 aromatic carbocycles. The normalized spacial score (nSPS) is 10.0. The van der Waals surface area contributed by atoms with E-state index in [1.165, 1.54) is 12.3 Å². The van der Waals surface area contributed by atoms with E-state index >= 15 is 0 Å².